The minimum atomic E-state index is 0.767. The lowest BCUT2D eigenvalue weighted by atomic mass is 9.86. The molecule has 1 atom stereocenters. The third-order valence-electron chi connectivity index (χ3n) is 5.90. The Morgan fingerprint density at radius 3 is 2.20 bits per heavy atom. The molecule has 0 radical (unpaired) electrons. The second-order valence-electron chi connectivity index (χ2n) is 8.42. The van der Waals surface area contributed by atoms with Crippen LogP contribution in [0.2, 0.25) is 0 Å². The SMILES string of the molecule is CCCCCCC1CC=C(C#Cc2ccc(-c3ccc(OCCC)cc3)cc2)CC1. The Hall–Kier alpha value is -2.46. The topological polar surface area (TPSA) is 9.23 Å². The van der Waals surface area contributed by atoms with Crippen LogP contribution in [0.5, 0.6) is 5.75 Å². The second-order valence-corrected chi connectivity index (χ2v) is 8.42. The van der Waals surface area contributed by atoms with Crippen molar-refractivity contribution >= 4 is 0 Å². The summed E-state index contributed by atoms with van der Waals surface area (Å²) in [5, 5.41) is 0. The van der Waals surface area contributed by atoms with Crippen LogP contribution in [0, 0.1) is 17.8 Å². The van der Waals surface area contributed by atoms with E-state index in [1.54, 1.807) is 0 Å². The van der Waals surface area contributed by atoms with Gasteiger partial charge < -0.3 is 4.74 Å². The van der Waals surface area contributed by atoms with Crippen molar-refractivity contribution in [2.75, 3.05) is 6.61 Å². The zero-order valence-corrected chi connectivity index (χ0v) is 18.8. The van der Waals surface area contributed by atoms with Crippen LogP contribution in [0.4, 0.5) is 0 Å². The standard InChI is InChI=1S/C29H36O/c1-3-5-6-7-8-24-9-11-25(12-10-24)13-14-26-15-17-27(18-16-26)28-19-21-29(22-20-28)30-23-4-2/h11,15-22,24H,3-10,12,23H2,1-2H3. The third-order valence-corrected chi connectivity index (χ3v) is 5.90. The minimum absolute atomic E-state index is 0.767. The number of allylic oxidation sites excluding steroid dienone is 2. The summed E-state index contributed by atoms with van der Waals surface area (Å²) in [5.74, 6) is 8.59. The molecule has 1 aliphatic carbocycles. The van der Waals surface area contributed by atoms with Gasteiger partial charge >= 0.3 is 0 Å². The summed E-state index contributed by atoms with van der Waals surface area (Å²) >= 11 is 0. The summed E-state index contributed by atoms with van der Waals surface area (Å²) < 4.78 is 5.67. The Labute approximate surface area is 183 Å². The minimum Gasteiger partial charge on any atom is -0.494 e. The highest BCUT2D eigenvalue weighted by atomic mass is 16.5. The maximum atomic E-state index is 5.67. The first kappa shape index (κ1) is 22.2. The fourth-order valence-corrected chi connectivity index (χ4v) is 3.99. The van der Waals surface area contributed by atoms with Crippen LogP contribution in [-0.2, 0) is 0 Å². The zero-order valence-electron chi connectivity index (χ0n) is 18.8. The van der Waals surface area contributed by atoms with Gasteiger partial charge in [0.05, 0.1) is 6.61 Å². The van der Waals surface area contributed by atoms with Crippen molar-refractivity contribution in [2.24, 2.45) is 5.92 Å². The monoisotopic (exact) mass is 400 g/mol. The first-order valence-electron chi connectivity index (χ1n) is 11.8. The molecular formula is C29H36O. The number of hydrogen-bond donors (Lipinski definition) is 0. The summed E-state index contributed by atoms with van der Waals surface area (Å²) in [6, 6.07) is 16.9. The van der Waals surface area contributed by atoms with E-state index in [1.807, 2.05) is 12.1 Å². The van der Waals surface area contributed by atoms with Gasteiger partial charge in [-0.1, -0.05) is 88.1 Å². The summed E-state index contributed by atoms with van der Waals surface area (Å²) in [4.78, 5) is 0. The molecule has 0 aliphatic heterocycles. The molecule has 3 rings (SSSR count). The van der Waals surface area contributed by atoms with Crippen molar-refractivity contribution in [3.63, 3.8) is 0 Å². The number of unbranched alkanes of at least 4 members (excludes halogenated alkanes) is 3. The molecule has 0 aromatic heterocycles. The van der Waals surface area contributed by atoms with E-state index in [0.717, 1.165) is 36.7 Å². The Bertz CT molecular complexity index is 846. The summed E-state index contributed by atoms with van der Waals surface area (Å²) in [6.07, 6.45) is 14.0. The molecule has 0 saturated carbocycles. The Balaban J connectivity index is 1.52. The van der Waals surface area contributed by atoms with Gasteiger partial charge in [0.2, 0.25) is 0 Å². The van der Waals surface area contributed by atoms with Crippen LogP contribution < -0.4 is 4.74 Å². The molecule has 0 amide bonds. The largest absolute Gasteiger partial charge is 0.494 e. The highest BCUT2D eigenvalue weighted by Gasteiger charge is 2.13. The molecule has 1 heteroatoms. The maximum absolute atomic E-state index is 5.67. The van der Waals surface area contributed by atoms with Crippen molar-refractivity contribution in [3.8, 4) is 28.7 Å². The number of hydrogen-bond acceptors (Lipinski definition) is 1. The Morgan fingerprint density at radius 1 is 0.833 bits per heavy atom. The molecule has 2 aromatic carbocycles. The van der Waals surface area contributed by atoms with Gasteiger partial charge in [0.25, 0.3) is 0 Å². The van der Waals surface area contributed by atoms with Gasteiger partial charge in [-0.3, -0.25) is 0 Å². The lowest BCUT2D eigenvalue weighted by molar-refractivity contribution is 0.317. The fraction of sp³-hybridized carbons (Fsp3) is 0.448. The Kier molecular flexibility index (Phi) is 9.10. The van der Waals surface area contributed by atoms with Gasteiger partial charge in [0.15, 0.2) is 0 Å². The lowest BCUT2D eigenvalue weighted by Crippen LogP contribution is -2.05. The van der Waals surface area contributed by atoms with Crippen molar-refractivity contribution < 1.29 is 4.74 Å². The highest BCUT2D eigenvalue weighted by Crippen LogP contribution is 2.28. The van der Waals surface area contributed by atoms with Gasteiger partial charge in [-0.2, -0.15) is 0 Å². The van der Waals surface area contributed by atoms with Crippen LogP contribution in [0.15, 0.2) is 60.2 Å². The zero-order chi connectivity index (χ0) is 21.0. The molecule has 1 nitrogen and oxygen atoms in total. The normalized spacial score (nSPS) is 15.8. The average molecular weight is 401 g/mol. The molecule has 0 heterocycles. The van der Waals surface area contributed by atoms with E-state index >= 15 is 0 Å². The fourth-order valence-electron chi connectivity index (χ4n) is 3.99. The smallest absolute Gasteiger partial charge is 0.119 e. The molecule has 0 spiro atoms. The maximum Gasteiger partial charge on any atom is 0.119 e. The van der Waals surface area contributed by atoms with E-state index in [-0.39, 0.29) is 0 Å². The van der Waals surface area contributed by atoms with Crippen molar-refractivity contribution in [2.45, 2.75) is 71.6 Å². The molecule has 0 saturated heterocycles. The second kappa shape index (κ2) is 12.3. The molecule has 158 valence electrons. The average Bonchev–Trinajstić information content (AvgIpc) is 2.81. The third kappa shape index (κ3) is 7.10. The van der Waals surface area contributed by atoms with E-state index in [2.05, 4.69) is 68.2 Å². The van der Waals surface area contributed by atoms with E-state index in [4.69, 9.17) is 4.74 Å². The highest BCUT2D eigenvalue weighted by molar-refractivity contribution is 5.65. The molecule has 2 aromatic rings. The summed E-state index contributed by atoms with van der Waals surface area (Å²) in [5.41, 5.74) is 4.83. The van der Waals surface area contributed by atoms with Gasteiger partial charge in [0, 0.05) is 5.56 Å². The van der Waals surface area contributed by atoms with Gasteiger partial charge in [-0.05, 0) is 72.6 Å². The number of rotatable bonds is 9. The van der Waals surface area contributed by atoms with E-state index < -0.39 is 0 Å². The first-order chi connectivity index (χ1) is 14.8. The van der Waals surface area contributed by atoms with E-state index in [1.165, 1.54) is 61.6 Å². The molecule has 0 fully saturated rings. The van der Waals surface area contributed by atoms with Gasteiger partial charge in [-0.15, -0.1) is 0 Å². The summed E-state index contributed by atoms with van der Waals surface area (Å²) in [7, 11) is 0. The lowest BCUT2D eigenvalue weighted by Gasteiger charge is -2.19. The van der Waals surface area contributed by atoms with Crippen LogP contribution in [0.25, 0.3) is 11.1 Å². The van der Waals surface area contributed by atoms with Crippen LogP contribution in [-0.4, -0.2) is 6.61 Å². The van der Waals surface area contributed by atoms with Crippen molar-refractivity contribution in [1.82, 2.24) is 0 Å². The predicted octanol–water partition coefficient (Wildman–Crippen LogP) is 8.19. The van der Waals surface area contributed by atoms with Crippen molar-refractivity contribution in [1.29, 1.82) is 0 Å². The molecule has 30 heavy (non-hydrogen) atoms. The van der Waals surface area contributed by atoms with Crippen LogP contribution >= 0.6 is 0 Å². The van der Waals surface area contributed by atoms with Gasteiger partial charge in [-0.25, -0.2) is 0 Å². The van der Waals surface area contributed by atoms with Crippen LogP contribution in [0.1, 0.15) is 77.2 Å². The van der Waals surface area contributed by atoms with E-state index in [9.17, 15) is 0 Å². The molecular weight excluding hydrogens is 364 g/mol. The molecule has 1 aliphatic rings. The number of ether oxygens (including phenoxy) is 1. The molecule has 0 bridgehead atoms. The predicted molar refractivity (Wildman–Crippen MR) is 129 cm³/mol. The first-order valence-corrected chi connectivity index (χ1v) is 11.8. The van der Waals surface area contributed by atoms with Gasteiger partial charge in [0.1, 0.15) is 5.75 Å². The summed E-state index contributed by atoms with van der Waals surface area (Å²) in [6.45, 7) is 5.17. The molecule has 1 unspecified atom stereocenters. The quantitative estimate of drug-likeness (QED) is 0.304. The van der Waals surface area contributed by atoms with Crippen molar-refractivity contribution in [3.05, 3.63) is 65.7 Å². The molecule has 0 N–H and O–H groups in total. The Morgan fingerprint density at radius 2 is 1.57 bits per heavy atom. The number of benzene rings is 2. The van der Waals surface area contributed by atoms with Crippen LogP contribution in [0.3, 0.4) is 0 Å². The van der Waals surface area contributed by atoms with E-state index in [0.29, 0.717) is 0 Å².